The smallest absolute Gasteiger partial charge is 0.194 e. The molecule has 0 aromatic heterocycles. The summed E-state index contributed by atoms with van der Waals surface area (Å²) in [4.78, 5) is 9.74. The van der Waals surface area contributed by atoms with Gasteiger partial charge in [0, 0.05) is 31.7 Å². The molecule has 2 fully saturated rings. The fourth-order valence-corrected chi connectivity index (χ4v) is 3.95. The van der Waals surface area contributed by atoms with E-state index in [4.69, 9.17) is 9.73 Å². The van der Waals surface area contributed by atoms with E-state index in [0.717, 1.165) is 37.1 Å². The molecule has 2 heterocycles. The summed E-state index contributed by atoms with van der Waals surface area (Å²) in [5.41, 5.74) is 0.785. The van der Waals surface area contributed by atoms with Gasteiger partial charge in [0.05, 0.1) is 13.7 Å². The number of aliphatic imine (C=N–C) groups is 1. The monoisotopic (exact) mass is 488 g/mol. The van der Waals surface area contributed by atoms with Gasteiger partial charge in [0.15, 0.2) is 17.5 Å². The number of likely N-dealkylation sites (tertiary alicyclic amines) is 2. The molecule has 1 atom stereocenters. The molecule has 3 rings (SSSR count). The standard InChI is InChI=1S/C20H32N4O2.HI/c1-3-21-20(22-13-17-7-6-8-18(26-2)19(17)25)24-12-9-16(15-24)14-23-10-4-5-11-23;/h6-8,16,25H,3-5,9-15H2,1-2H3,(H,21,22);1H. The summed E-state index contributed by atoms with van der Waals surface area (Å²) >= 11 is 0. The minimum atomic E-state index is 0. The van der Waals surface area contributed by atoms with Crippen LogP contribution >= 0.6 is 24.0 Å². The summed E-state index contributed by atoms with van der Waals surface area (Å²) < 4.78 is 5.19. The van der Waals surface area contributed by atoms with Crippen molar-refractivity contribution in [2.24, 2.45) is 10.9 Å². The van der Waals surface area contributed by atoms with Gasteiger partial charge in [-0.15, -0.1) is 24.0 Å². The van der Waals surface area contributed by atoms with Gasteiger partial charge in [-0.3, -0.25) is 0 Å². The first-order valence-corrected chi connectivity index (χ1v) is 9.81. The topological polar surface area (TPSA) is 60.3 Å². The summed E-state index contributed by atoms with van der Waals surface area (Å²) in [6, 6.07) is 5.54. The van der Waals surface area contributed by atoms with Crippen LogP contribution < -0.4 is 10.1 Å². The van der Waals surface area contributed by atoms with Gasteiger partial charge in [0.25, 0.3) is 0 Å². The van der Waals surface area contributed by atoms with Gasteiger partial charge >= 0.3 is 0 Å². The summed E-state index contributed by atoms with van der Waals surface area (Å²) in [7, 11) is 1.57. The van der Waals surface area contributed by atoms with Crippen molar-refractivity contribution in [2.45, 2.75) is 32.7 Å². The van der Waals surface area contributed by atoms with E-state index in [1.54, 1.807) is 13.2 Å². The molecule has 2 saturated heterocycles. The van der Waals surface area contributed by atoms with Crippen molar-refractivity contribution in [3.05, 3.63) is 23.8 Å². The molecule has 2 N–H and O–H groups in total. The van der Waals surface area contributed by atoms with Crippen LogP contribution in [0.3, 0.4) is 0 Å². The number of nitrogens with zero attached hydrogens (tertiary/aromatic N) is 3. The Hall–Kier alpha value is -1.22. The second-order valence-electron chi connectivity index (χ2n) is 7.25. The van der Waals surface area contributed by atoms with Crippen LogP contribution in [0.15, 0.2) is 23.2 Å². The molecule has 152 valence electrons. The number of nitrogens with one attached hydrogen (secondary N) is 1. The fraction of sp³-hybridized carbons (Fsp3) is 0.650. The summed E-state index contributed by atoms with van der Waals surface area (Å²) in [6.45, 7) is 9.23. The van der Waals surface area contributed by atoms with Gasteiger partial charge in [0.1, 0.15) is 0 Å². The number of phenolic OH excluding ortho intramolecular Hbond substituents is 1. The van der Waals surface area contributed by atoms with Crippen molar-refractivity contribution in [1.82, 2.24) is 15.1 Å². The molecule has 1 aromatic carbocycles. The predicted molar refractivity (Wildman–Crippen MR) is 120 cm³/mol. The average Bonchev–Trinajstić information content (AvgIpc) is 3.32. The Labute approximate surface area is 180 Å². The quantitative estimate of drug-likeness (QED) is 0.367. The number of para-hydroxylation sites is 1. The molecule has 6 nitrogen and oxygen atoms in total. The van der Waals surface area contributed by atoms with Gasteiger partial charge in [-0.2, -0.15) is 0 Å². The fourth-order valence-electron chi connectivity index (χ4n) is 3.95. The van der Waals surface area contributed by atoms with Crippen molar-refractivity contribution in [2.75, 3.05) is 46.4 Å². The molecule has 0 aliphatic carbocycles. The third-order valence-corrected chi connectivity index (χ3v) is 5.34. The molecule has 1 unspecified atom stereocenters. The second-order valence-corrected chi connectivity index (χ2v) is 7.25. The number of halogens is 1. The number of benzene rings is 1. The van der Waals surface area contributed by atoms with Crippen LogP contribution in [-0.4, -0.2) is 67.2 Å². The molecular formula is C20H33IN4O2. The first-order chi connectivity index (χ1) is 12.7. The molecule has 2 aliphatic rings. The van der Waals surface area contributed by atoms with Crippen LogP contribution in [0.4, 0.5) is 0 Å². The van der Waals surface area contributed by atoms with E-state index in [-0.39, 0.29) is 29.7 Å². The number of guanidine groups is 1. The minimum Gasteiger partial charge on any atom is -0.504 e. The molecule has 0 saturated carbocycles. The Morgan fingerprint density at radius 1 is 1.30 bits per heavy atom. The van der Waals surface area contributed by atoms with Crippen LogP contribution in [0, 0.1) is 5.92 Å². The maximum atomic E-state index is 10.3. The normalized spacial score (nSPS) is 20.6. The van der Waals surface area contributed by atoms with E-state index in [1.165, 1.54) is 38.9 Å². The van der Waals surface area contributed by atoms with E-state index >= 15 is 0 Å². The molecule has 2 aliphatic heterocycles. The zero-order valence-corrected chi connectivity index (χ0v) is 18.8. The lowest BCUT2D eigenvalue weighted by molar-refractivity contribution is 0.281. The zero-order valence-electron chi connectivity index (χ0n) is 16.5. The maximum Gasteiger partial charge on any atom is 0.194 e. The number of rotatable bonds is 6. The number of hydrogen-bond acceptors (Lipinski definition) is 4. The molecule has 7 heteroatoms. The van der Waals surface area contributed by atoms with E-state index < -0.39 is 0 Å². The third-order valence-electron chi connectivity index (χ3n) is 5.34. The van der Waals surface area contributed by atoms with Crippen molar-refractivity contribution < 1.29 is 9.84 Å². The van der Waals surface area contributed by atoms with Crippen molar-refractivity contribution in [1.29, 1.82) is 0 Å². The average molecular weight is 488 g/mol. The molecule has 0 amide bonds. The minimum absolute atomic E-state index is 0. The van der Waals surface area contributed by atoms with Gasteiger partial charge in [-0.1, -0.05) is 12.1 Å². The van der Waals surface area contributed by atoms with Crippen LogP contribution in [0.2, 0.25) is 0 Å². The van der Waals surface area contributed by atoms with E-state index in [2.05, 4.69) is 22.0 Å². The number of ether oxygens (including phenoxy) is 1. The van der Waals surface area contributed by atoms with Crippen LogP contribution in [0.1, 0.15) is 31.7 Å². The number of methoxy groups -OCH3 is 1. The van der Waals surface area contributed by atoms with Crippen molar-refractivity contribution in [3.8, 4) is 11.5 Å². The molecular weight excluding hydrogens is 455 g/mol. The van der Waals surface area contributed by atoms with E-state index in [9.17, 15) is 5.11 Å². The van der Waals surface area contributed by atoms with Gasteiger partial charge in [0.2, 0.25) is 0 Å². The predicted octanol–water partition coefficient (Wildman–Crippen LogP) is 2.90. The lowest BCUT2D eigenvalue weighted by atomic mass is 10.1. The SMILES string of the molecule is CCNC(=NCc1cccc(OC)c1O)N1CCC(CN2CCCC2)C1.I. The number of phenols is 1. The van der Waals surface area contributed by atoms with E-state index in [1.807, 2.05) is 12.1 Å². The second kappa shape index (κ2) is 10.9. The molecule has 27 heavy (non-hydrogen) atoms. The Kier molecular flexibility index (Phi) is 8.95. The lowest BCUT2D eigenvalue weighted by Gasteiger charge is -2.23. The van der Waals surface area contributed by atoms with Crippen LogP contribution in [0.5, 0.6) is 11.5 Å². The Morgan fingerprint density at radius 2 is 2.07 bits per heavy atom. The van der Waals surface area contributed by atoms with Crippen LogP contribution in [0.25, 0.3) is 0 Å². The van der Waals surface area contributed by atoms with Gasteiger partial charge in [-0.25, -0.2) is 4.99 Å². The number of aromatic hydroxyl groups is 1. The highest BCUT2D eigenvalue weighted by molar-refractivity contribution is 14.0. The Morgan fingerprint density at radius 3 is 2.78 bits per heavy atom. The highest BCUT2D eigenvalue weighted by Gasteiger charge is 2.27. The number of hydrogen-bond donors (Lipinski definition) is 2. The Bertz CT molecular complexity index is 620. The van der Waals surface area contributed by atoms with Crippen LogP contribution in [-0.2, 0) is 6.54 Å². The van der Waals surface area contributed by atoms with Crippen molar-refractivity contribution >= 4 is 29.9 Å². The molecule has 0 bridgehead atoms. The van der Waals surface area contributed by atoms with E-state index in [0.29, 0.717) is 12.3 Å². The molecule has 0 radical (unpaired) electrons. The largest absolute Gasteiger partial charge is 0.504 e. The highest BCUT2D eigenvalue weighted by atomic mass is 127. The summed E-state index contributed by atoms with van der Waals surface area (Å²) in [6.07, 6.45) is 3.93. The summed E-state index contributed by atoms with van der Waals surface area (Å²) in [5.74, 6) is 2.35. The maximum absolute atomic E-state index is 10.3. The van der Waals surface area contributed by atoms with Crippen molar-refractivity contribution in [3.63, 3.8) is 0 Å². The molecule has 1 aromatic rings. The van der Waals surface area contributed by atoms with Gasteiger partial charge < -0.3 is 25.0 Å². The summed E-state index contributed by atoms with van der Waals surface area (Å²) in [5, 5.41) is 13.7. The molecule has 0 spiro atoms. The zero-order chi connectivity index (χ0) is 18.4. The first-order valence-electron chi connectivity index (χ1n) is 9.81. The first kappa shape index (κ1) is 22.1. The van der Waals surface area contributed by atoms with Gasteiger partial charge in [-0.05, 0) is 51.3 Å². The third kappa shape index (κ3) is 5.88. The lowest BCUT2D eigenvalue weighted by Crippen LogP contribution is -2.40. The Balaban J connectivity index is 0.00000261. The highest BCUT2D eigenvalue weighted by Crippen LogP contribution is 2.30.